The highest BCUT2D eigenvalue weighted by Crippen LogP contribution is 2.33. The molecular weight excluding hydrogens is 366 g/mol. The summed E-state index contributed by atoms with van der Waals surface area (Å²) in [7, 11) is 0. The number of thiophene rings is 1. The highest BCUT2D eigenvalue weighted by Gasteiger charge is 2.20. The van der Waals surface area contributed by atoms with E-state index in [1.54, 1.807) is 23.1 Å². The van der Waals surface area contributed by atoms with Gasteiger partial charge in [-0.05, 0) is 51.5 Å². The third-order valence-corrected chi connectivity index (χ3v) is 7.10. The average molecular weight is 394 g/mol. The maximum atomic E-state index is 12.5. The minimum absolute atomic E-state index is 0.00700. The summed E-state index contributed by atoms with van der Waals surface area (Å²) in [4.78, 5) is 34.3. The standard InChI is InChI=1S/C19H27N3O2S2/c1-4-19(2,3)22-15(23)9-10-25-11-14-20-17(24)16-12-7-5-6-8-13(12)26-18(16)21-14/h4-11H2,1-3H3,(H,22,23)(H,20,21,24). The number of nitrogens with zero attached hydrogens (tertiary/aromatic N) is 1. The molecule has 7 heteroatoms. The van der Waals surface area contributed by atoms with Crippen LogP contribution in [0.3, 0.4) is 0 Å². The van der Waals surface area contributed by atoms with Crippen LogP contribution in [0.2, 0.25) is 0 Å². The van der Waals surface area contributed by atoms with Crippen LogP contribution in [0.4, 0.5) is 0 Å². The van der Waals surface area contributed by atoms with Crippen LogP contribution in [0.15, 0.2) is 4.79 Å². The van der Waals surface area contributed by atoms with Crippen molar-refractivity contribution in [1.29, 1.82) is 0 Å². The molecule has 0 radical (unpaired) electrons. The number of nitrogens with one attached hydrogen (secondary N) is 2. The molecule has 1 aliphatic carbocycles. The topological polar surface area (TPSA) is 74.8 Å². The number of carbonyl (C=O) groups is 1. The summed E-state index contributed by atoms with van der Waals surface area (Å²) in [6.07, 6.45) is 5.82. The summed E-state index contributed by atoms with van der Waals surface area (Å²) >= 11 is 3.31. The maximum Gasteiger partial charge on any atom is 0.259 e. The molecule has 142 valence electrons. The number of hydrogen-bond acceptors (Lipinski definition) is 5. The molecule has 0 aliphatic heterocycles. The van der Waals surface area contributed by atoms with Gasteiger partial charge in [-0.2, -0.15) is 11.8 Å². The molecule has 0 fully saturated rings. The van der Waals surface area contributed by atoms with Gasteiger partial charge in [0.15, 0.2) is 0 Å². The van der Waals surface area contributed by atoms with Crippen LogP contribution in [0.1, 0.15) is 62.7 Å². The van der Waals surface area contributed by atoms with Gasteiger partial charge >= 0.3 is 0 Å². The molecule has 1 aliphatic rings. The van der Waals surface area contributed by atoms with Crippen molar-refractivity contribution < 1.29 is 4.79 Å². The van der Waals surface area contributed by atoms with E-state index in [1.807, 2.05) is 13.8 Å². The zero-order chi connectivity index (χ0) is 18.7. The third kappa shape index (κ3) is 4.49. The van der Waals surface area contributed by atoms with E-state index >= 15 is 0 Å². The Morgan fingerprint density at radius 3 is 2.88 bits per heavy atom. The van der Waals surface area contributed by atoms with E-state index in [0.29, 0.717) is 23.8 Å². The Balaban J connectivity index is 1.58. The monoisotopic (exact) mass is 393 g/mol. The van der Waals surface area contributed by atoms with Crippen LogP contribution in [0, 0.1) is 0 Å². The number of H-pyrrole nitrogens is 1. The Kier molecular flexibility index (Phi) is 6.07. The number of fused-ring (bicyclic) bond motifs is 3. The van der Waals surface area contributed by atoms with Crippen molar-refractivity contribution in [2.45, 2.75) is 70.6 Å². The third-order valence-electron chi connectivity index (χ3n) is 4.95. The molecule has 2 N–H and O–H groups in total. The van der Waals surface area contributed by atoms with Crippen LogP contribution in [0.25, 0.3) is 10.2 Å². The summed E-state index contributed by atoms with van der Waals surface area (Å²) in [6.45, 7) is 6.13. The Morgan fingerprint density at radius 2 is 2.12 bits per heavy atom. The predicted molar refractivity (Wildman–Crippen MR) is 110 cm³/mol. The maximum absolute atomic E-state index is 12.5. The fourth-order valence-electron chi connectivity index (χ4n) is 3.14. The molecule has 1 amide bonds. The average Bonchev–Trinajstić information content (AvgIpc) is 2.97. The SMILES string of the molecule is CCC(C)(C)NC(=O)CCSCc1nc2sc3c(c2c(=O)[nH]1)CCCC3. The summed E-state index contributed by atoms with van der Waals surface area (Å²) in [5.74, 6) is 2.12. The number of aromatic amines is 1. The molecule has 2 heterocycles. The number of carbonyl (C=O) groups excluding carboxylic acids is 1. The number of hydrogen-bond donors (Lipinski definition) is 2. The van der Waals surface area contributed by atoms with E-state index in [9.17, 15) is 9.59 Å². The molecule has 26 heavy (non-hydrogen) atoms. The fourth-order valence-corrected chi connectivity index (χ4v) is 5.22. The van der Waals surface area contributed by atoms with E-state index in [4.69, 9.17) is 0 Å². The minimum atomic E-state index is -0.155. The molecule has 0 saturated carbocycles. The lowest BCUT2D eigenvalue weighted by atomic mass is 9.97. The first kappa shape index (κ1) is 19.4. The zero-order valence-electron chi connectivity index (χ0n) is 15.7. The van der Waals surface area contributed by atoms with E-state index in [0.717, 1.165) is 35.9 Å². The van der Waals surface area contributed by atoms with E-state index < -0.39 is 0 Å². The second kappa shape index (κ2) is 8.13. The lowest BCUT2D eigenvalue weighted by Crippen LogP contribution is -2.42. The van der Waals surface area contributed by atoms with Crippen molar-refractivity contribution in [3.63, 3.8) is 0 Å². The summed E-state index contributed by atoms with van der Waals surface area (Å²) < 4.78 is 0. The van der Waals surface area contributed by atoms with Gasteiger partial charge in [0.25, 0.3) is 5.56 Å². The summed E-state index contributed by atoms with van der Waals surface area (Å²) in [5, 5.41) is 3.85. The smallest absolute Gasteiger partial charge is 0.259 e. The lowest BCUT2D eigenvalue weighted by molar-refractivity contribution is -0.122. The summed E-state index contributed by atoms with van der Waals surface area (Å²) in [6, 6.07) is 0. The van der Waals surface area contributed by atoms with Gasteiger partial charge < -0.3 is 10.3 Å². The lowest BCUT2D eigenvalue weighted by Gasteiger charge is -2.24. The first-order valence-corrected chi connectivity index (χ1v) is 11.3. The van der Waals surface area contributed by atoms with Crippen molar-refractivity contribution in [2.75, 3.05) is 5.75 Å². The highest BCUT2D eigenvalue weighted by atomic mass is 32.2. The van der Waals surface area contributed by atoms with Gasteiger partial charge in [-0.15, -0.1) is 11.3 Å². The molecule has 0 unspecified atom stereocenters. The quantitative estimate of drug-likeness (QED) is 0.702. The van der Waals surface area contributed by atoms with Gasteiger partial charge in [0.05, 0.1) is 11.1 Å². The van der Waals surface area contributed by atoms with Crippen molar-refractivity contribution in [2.24, 2.45) is 0 Å². The normalized spacial score (nSPS) is 14.4. The second-order valence-corrected chi connectivity index (χ2v) is 9.68. The van der Waals surface area contributed by atoms with Crippen LogP contribution in [-0.4, -0.2) is 27.2 Å². The van der Waals surface area contributed by atoms with Gasteiger partial charge in [0.2, 0.25) is 5.91 Å². The Morgan fingerprint density at radius 1 is 1.35 bits per heavy atom. The zero-order valence-corrected chi connectivity index (χ0v) is 17.4. The molecule has 2 aromatic heterocycles. The highest BCUT2D eigenvalue weighted by molar-refractivity contribution is 7.98. The molecule has 0 atom stereocenters. The predicted octanol–water partition coefficient (Wildman–Crippen LogP) is 3.79. The number of rotatable bonds is 7. The fraction of sp³-hybridized carbons (Fsp3) is 0.632. The van der Waals surface area contributed by atoms with Gasteiger partial charge in [0.1, 0.15) is 10.7 Å². The largest absolute Gasteiger partial charge is 0.351 e. The molecule has 3 rings (SSSR count). The molecule has 5 nitrogen and oxygen atoms in total. The Hall–Kier alpha value is -1.34. The van der Waals surface area contributed by atoms with Crippen LogP contribution in [-0.2, 0) is 23.4 Å². The van der Waals surface area contributed by atoms with Crippen LogP contribution >= 0.6 is 23.1 Å². The van der Waals surface area contributed by atoms with Crippen molar-refractivity contribution >= 4 is 39.2 Å². The van der Waals surface area contributed by atoms with E-state index in [1.165, 1.54) is 16.9 Å². The van der Waals surface area contributed by atoms with Gasteiger partial charge in [-0.25, -0.2) is 4.98 Å². The van der Waals surface area contributed by atoms with E-state index in [-0.39, 0.29) is 17.0 Å². The first-order valence-electron chi connectivity index (χ1n) is 9.32. The van der Waals surface area contributed by atoms with Crippen LogP contribution in [0.5, 0.6) is 0 Å². The molecular formula is C19H27N3O2S2. The molecule has 0 bridgehead atoms. The van der Waals surface area contributed by atoms with Crippen molar-refractivity contribution in [3.8, 4) is 0 Å². The van der Waals surface area contributed by atoms with Gasteiger partial charge in [-0.1, -0.05) is 6.92 Å². The molecule has 0 spiro atoms. The van der Waals surface area contributed by atoms with Crippen molar-refractivity contribution in [3.05, 3.63) is 26.6 Å². The summed E-state index contributed by atoms with van der Waals surface area (Å²) in [5.41, 5.74) is 1.06. The van der Waals surface area contributed by atoms with Crippen molar-refractivity contribution in [1.82, 2.24) is 15.3 Å². The second-order valence-electron chi connectivity index (χ2n) is 7.49. The number of thioether (sulfide) groups is 1. The molecule has 0 aromatic carbocycles. The van der Waals surface area contributed by atoms with Crippen LogP contribution < -0.4 is 10.9 Å². The van der Waals surface area contributed by atoms with E-state index in [2.05, 4.69) is 22.2 Å². The minimum Gasteiger partial charge on any atom is -0.351 e. The first-order chi connectivity index (χ1) is 12.4. The van der Waals surface area contributed by atoms with Gasteiger partial charge in [0, 0.05) is 22.6 Å². The number of amides is 1. The Labute approximate surface area is 162 Å². The molecule has 2 aromatic rings. The number of aryl methyl sites for hydroxylation is 2. The van der Waals surface area contributed by atoms with Gasteiger partial charge in [-0.3, -0.25) is 9.59 Å². The Bertz CT molecular complexity index is 854. The number of aromatic nitrogens is 2. The molecule has 0 saturated heterocycles.